The van der Waals surface area contributed by atoms with Gasteiger partial charge in [0.05, 0.1) is 18.3 Å². The van der Waals surface area contributed by atoms with Gasteiger partial charge in [0.1, 0.15) is 6.61 Å². The van der Waals surface area contributed by atoms with Crippen molar-refractivity contribution in [3.63, 3.8) is 0 Å². The molecule has 126 valence electrons. The standard InChI is InChI=1S/C19H23N3O2/c1-15(17-8-4-6-16(12-17)7-5-10-23)19-14-22(21-20-19)13-18-9-2-3-11-24-18/h4,6,8,12,14-15,18,23H,2-3,9-11,13H2,1H3. The van der Waals surface area contributed by atoms with Crippen molar-refractivity contribution in [2.75, 3.05) is 13.2 Å². The number of aliphatic hydroxyl groups is 1. The highest BCUT2D eigenvalue weighted by molar-refractivity contribution is 5.39. The molecule has 3 rings (SSSR count). The highest BCUT2D eigenvalue weighted by Crippen LogP contribution is 2.23. The van der Waals surface area contributed by atoms with E-state index in [1.54, 1.807) is 0 Å². The minimum absolute atomic E-state index is 0.128. The normalized spacial score (nSPS) is 18.7. The van der Waals surface area contributed by atoms with Crippen LogP contribution in [0.25, 0.3) is 0 Å². The second-order valence-electron chi connectivity index (χ2n) is 6.16. The fourth-order valence-electron chi connectivity index (χ4n) is 2.96. The zero-order chi connectivity index (χ0) is 16.8. The number of benzene rings is 1. The quantitative estimate of drug-likeness (QED) is 0.877. The first kappa shape index (κ1) is 16.7. The van der Waals surface area contributed by atoms with Gasteiger partial charge in [0, 0.05) is 24.3 Å². The van der Waals surface area contributed by atoms with Gasteiger partial charge in [-0.15, -0.1) is 5.10 Å². The van der Waals surface area contributed by atoms with Crippen LogP contribution >= 0.6 is 0 Å². The summed E-state index contributed by atoms with van der Waals surface area (Å²) >= 11 is 0. The van der Waals surface area contributed by atoms with E-state index in [0.29, 0.717) is 0 Å². The highest BCUT2D eigenvalue weighted by atomic mass is 16.5. The Labute approximate surface area is 142 Å². The molecule has 1 aliphatic rings. The minimum Gasteiger partial charge on any atom is -0.384 e. The van der Waals surface area contributed by atoms with Crippen LogP contribution < -0.4 is 0 Å². The zero-order valence-corrected chi connectivity index (χ0v) is 14.0. The molecule has 1 aromatic heterocycles. The summed E-state index contributed by atoms with van der Waals surface area (Å²) in [7, 11) is 0. The van der Waals surface area contributed by atoms with E-state index in [-0.39, 0.29) is 18.6 Å². The lowest BCUT2D eigenvalue weighted by atomic mass is 9.96. The lowest BCUT2D eigenvalue weighted by molar-refractivity contribution is 0.00369. The molecule has 0 amide bonds. The topological polar surface area (TPSA) is 60.2 Å². The number of rotatable bonds is 4. The Morgan fingerprint density at radius 3 is 3.12 bits per heavy atom. The van der Waals surface area contributed by atoms with Crippen LogP contribution in [-0.4, -0.2) is 39.4 Å². The van der Waals surface area contributed by atoms with Gasteiger partial charge in [-0.2, -0.15) is 0 Å². The SMILES string of the molecule is CC(c1cccc(C#CCO)c1)c1cn(CC2CCCCO2)nn1. The monoisotopic (exact) mass is 325 g/mol. The Morgan fingerprint density at radius 2 is 2.33 bits per heavy atom. The maximum Gasteiger partial charge on any atom is 0.104 e. The van der Waals surface area contributed by atoms with E-state index in [0.717, 1.165) is 42.8 Å². The summed E-state index contributed by atoms with van der Waals surface area (Å²) in [6.07, 6.45) is 5.74. The molecule has 0 radical (unpaired) electrons. The maximum atomic E-state index is 8.82. The van der Waals surface area contributed by atoms with Crippen LogP contribution in [0.4, 0.5) is 0 Å². The highest BCUT2D eigenvalue weighted by Gasteiger charge is 2.17. The van der Waals surface area contributed by atoms with E-state index < -0.39 is 0 Å². The fourth-order valence-corrected chi connectivity index (χ4v) is 2.96. The molecule has 5 heteroatoms. The van der Waals surface area contributed by atoms with Gasteiger partial charge in [-0.1, -0.05) is 36.1 Å². The van der Waals surface area contributed by atoms with E-state index in [1.807, 2.05) is 29.1 Å². The predicted octanol–water partition coefficient (Wildman–Crippen LogP) is 2.34. The van der Waals surface area contributed by atoms with Crippen molar-refractivity contribution in [1.29, 1.82) is 0 Å². The summed E-state index contributed by atoms with van der Waals surface area (Å²) in [6, 6.07) is 8.03. The molecule has 0 bridgehead atoms. The van der Waals surface area contributed by atoms with Gasteiger partial charge in [-0.05, 0) is 37.0 Å². The molecule has 1 fully saturated rings. The number of nitrogens with zero attached hydrogens (tertiary/aromatic N) is 3. The van der Waals surface area contributed by atoms with Crippen molar-refractivity contribution in [2.24, 2.45) is 0 Å². The van der Waals surface area contributed by atoms with Crippen molar-refractivity contribution < 1.29 is 9.84 Å². The molecule has 0 spiro atoms. The molecule has 1 aliphatic heterocycles. The zero-order valence-electron chi connectivity index (χ0n) is 14.0. The lowest BCUT2D eigenvalue weighted by Gasteiger charge is -2.21. The Hall–Kier alpha value is -2.16. The third kappa shape index (κ3) is 4.22. The molecule has 2 aromatic rings. The molecule has 0 saturated carbocycles. The summed E-state index contributed by atoms with van der Waals surface area (Å²) in [5, 5.41) is 17.4. The van der Waals surface area contributed by atoms with Gasteiger partial charge in [0.2, 0.25) is 0 Å². The van der Waals surface area contributed by atoms with Gasteiger partial charge in [-0.3, -0.25) is 0 Å². The average Bonchev–Trinajstić information content (AvgIpc) is 3.09. The lowest BCUT2D eigenvalue weighted by Crippen LogP contribution is -2.24. The molecule has 24 heavy (non-hydrogen) atoms. The molecule has 1 saturated heterocycles. The van der Waals surface area contributed by atoms with Gasteiger partial charge >= 0.3 is 0 Å². The fraction of sp³-hybridized carbons (Fsp3) is 0.474. The minimum atomic E-state index is -0.128. The second-order valence-corrected chi connectivity index (χ2v) is 6.16. The van der Waals surface area contributed by atoms with Gasteiger partial charge in [0.15, 0.2) is 0 Å². The number of aliphatic hydroxyl groups excluding tert-OH is 1. The van der Waals surface area contributed by atoms with Crippen LogP contribution in [0.1, 0.15) is 48.9 Å². The molecule has 2 atom stereocenters. The largest absolute Gasteiger partial charge is 0.384 e. The molecule has 1 aromatic carbocycles. The number of ether oxygens (including phenoxy) is 1. The predicted molar refractivity (Wildman–Crippen MR) is 91.5 cm³/mol. The molecule has 2 heterocycles. The third-order valence-electron chi connectivity index (χ3n) is 4.36. The summed E-state index contributed by atoms with van der Waals surface area (Å²) in [4.78, 5) is 0. The number of aromatic nitrogens is 3. The van der Waals surface area contributed by atoms with Crippen molar-refractivity contribution in [1.82, 2.24) is 15.0 Å². The summed E-state index contributed by atoms with van der Waals surface area (Å²) < 4.78 is 7.65. The molecular formula is C19H23N3O2. The van der Waals surface area contributed by atoms with E-state index in [1.165, 1.54) is 6.42 Å². The van der Waals surface area contributed by atoms with Crippen LogP contribution in [0.15, 0.2) is 30.5 Å². The third-order valence-corrected chi connectivity index (χ3v) is 4.36. The van der Waals surface area contributed by atoms with Crippen molar-refractivity contribution in [3.8, 4) is 11.8 Å². The first-order valence-electron chi connectivity index (χ1n) is 8.47. The molecule has 5 nitrogen and oxygen atoms in total. The molecule has 1 N–H and O–H groups in total. The van der Waals surface area contributed by atoms with Crippen LogP contribution in [-0.2, 0) is 11.3 Å². The smallest absolute Gasteiger partial charge is 0.104 e. The summed E-state index contributed by atoms with van der Waals surface area (Å²) in [5.41, 5.74) is 2.98. The Bertz CT molecular complexity index is 723. The van der Waals surface area contributed by atoms with Gasteiger partial charge in [-0.25, -0.2) is 4.68 Å². The van der Waals surface area contributed by atoms with E-state index >= 15 is 0 Å². The average molecular weight is 325 g/mol. The van der Waals surface area contributed by atoms with Crippen LogP contribution in [0.5, 0.6) is 0 Å². The maximum absolute atomic E-state index is 8.82. The Balaban J connectivity index is 1.70. The molecule has 0 aliphatic carbocycles. The van der Waals surface area contributed by atoms with Crippen LogP contribution in [0, 0.1) is 11.8 Å². The number of hydrogen-bond donors (Lipinski definition) is 1. The molecular weight excluding hydrogens is 302 g/mol. The summed E-state index contributed by atoms with van der Waals surface area (Å²) in [6.45, 7) is 3.60. The van der Waals surface area contributed by atoms with Crippen molar-refractivity contribution in [2.45, 2.75) is 44.8 Å². The van der Waals surface area contributed by atoms with E-state index in [2.05, 4.69) is 35.1 Å². The first-order valence-corrected chi connectivity index (χ1v) is 8.47. The van der Waals surface area contributed by atoms with Crippen molar-refractivity contribution in [3.05, 3.63) is 47.3 Å². The Morgan fingerprint density at radius 1 is 1.42 bits per heavy atom. The Kier molecular flexibility index (Phi) is 5.63. The van der Waals surface area contributed by atoms with Crippen molar-refractivity contribution >= 4 is 0 Å². The van der Waals surface area contributed by atoms with Gasteiger partial charge in [0.25, 0.3) is 0 Å². The number of hydrogen-bond acceptors (Lipinski definition) is 4. The van der Waals surface area contributed by atoms with E-state index in [9.17, 15) is 0 Å². The van der Waals surface area contributed by atoms with Crippen LogP contribution in [0.2, 0.25) is 0 Å². The van der Waals surface area contributed by atoms with Gasteiger partial charge < -0.3 is 9.84 Å². The van der Waals surface area contributed by atoms with Crippen LogP contribution in [0.3, 0.4) is 0 Å². The van der Waals surface area contributed by atoms with E-state index in [4.69, 9.17) is 9.84 Å². The second kappa shape index (κ2) is 8.09. The summed E-state index contributed by atoms with van der Waals surface area (Å²) in [5.74, 6) is 5.76. The first-order chi connectivity index (χ1) is 11.8. The molecule has 2 unspecified atom stereocenters.